The molecule has 3 rings (SSSR count). The molecule has 2 atom stereocenters. The molecule has 0 radical (unpaired) electrons. The number of nitrogens with zero attached hydrogens (tertiary/aromatic N) is 1. The van der Waals surface area contributed by atoms with E-state index in [1.807, 2.05) is 24.3 Å². The van der Waals surface area contributed by atoms with Gasteiger partial charge in [-0.15, -0.1) is 0 Å². The van der Waals surface area contributed by atoms with Gasteiger partial charge in [0.15, 0.2) is 0 Å². The maximum atomic E-state index is 12.2. The van der Waals surface area contributed by atoms with E-state index in [1.54, 1.807) is 7.11 Å². The highest BCUT2D eigenvalue weighted by atomic mass is 16.5. The monoisotopic (exact) mass is 305 g/mol. The number of hydrogen-bond acceptors (Lipinski definition) is 5. The summed E-state index contributed by atoms with van der Waals surface area (Å²) in [5.41, 5.74) is 0.666. The zero-order valence-electron chi connectivity index (χ0n) is 13.2. The summed E-state index contributed by atoms with van der Waals surface area (Å²) in [6, 6.07) is 7.87. The van der Waals surface area contributed by atoms with Crippen LogP contribution in [0.4, 0.5) is 0 Å². The number of methoxy groups -OCH3 is 2. The van der Waals surface area contributed by atoms with Crippen molar-refractivity contribution in [1.29, 1.82) is 0 Å². The fourth-order valence-corrected chi connectivity index (χ4v) is 3.67. The van der Waals surface area contributed by atoms with Gasteiger partial charge in [-0.1, -0.05) is 12.1 Å². The Labute approximate surface area is 131 Å². The van der Waals surface area contributed by atoms with Gasteiger partial charge >= 0.3 is 5.97 Å². The van der Waals surface area contributed by atoms with E-state index in [4.69, 9.17) is 14.2 Å². The second-order valence-electron chi connectivity index (χ2n) is 6.06. The molecule has 0 bridgehead atoms. The van der Waals surface area contributed by atoms with Gasteiger partial charge in [0.25, 0.3) is 0 Å². The first-order valence-electron chi connectivity index (χ1n) is 7.76. The Morgan fingerprint density at radius 3 is 2.77 bits per heavy atom. The Kier molecular flexibility index (Phi) is 4.36. The van der Waals surface area contributed by atoms with Crippen molar-refractivity contribution >= 4 is 5.97 Å². The van der Waals surface area contributed by atoms with Crippen LogP contribution >= 0.6 is 0 Å². The number of fused-ring (bicyclic) bond motifs is 1. The summed E-state index contributed by atoms with van der Waals surface area (Å²) in [7, 11) is 3.13. The van der Waals surface area contributed by atoms with Gasteiger partial charge in [0.05, 0.1) is 26.9 Å². The molecular formula is C17H23NO4. The molecule has 0 amide bonds. The zero-order chi connectivity index (χ0) is 15.6. The van der Waals surface area contributed by atoms with Crippen LogP contribution in [0.3, 0.4) is 0 Å². The summed E-state index contributed by atoms with van der Waals surface area (Å²) in [4.78, 5) is 14.4. The smallest absolute Gasteiger partial charge is 0.326 e. The van der Waals surface area contributed by atoms with Crippen molar-refractivity contribution < 1.29 is 19.0 Å². The van der Waals surface area contributed by atoms with Crippen molar-refractivity contribution in [2.75, 3.05) is 27.3 Å². The van der Waals surface area contributed by atoms with Crippen molar-refractivity contribution in [2.45, 2.75) is 37.5 Å². The second-order valence-corrected chi connectivity index (χ2v) is 6.06. The fraction of sp³-hybridized carbons (Fsp3) is 0.588. The van der Waals surface area contributed by atoms with E-state index in [-0.39, 0.29) is 12.1 Å². The lowest BCUT2D eigenvalue weighted by Crippen LogP contribution is -2.46. The first kappa shape index (κ1) is 15.3. The van der Waals surface area contributed by atoms with Gasteiger partial charge in [-0.3, -0.25) is 9.69 Å². The summed E-state index contributed by atoms with van der Waals surface area (Å²) in [6.45, 7) is 2.32. The molecule has 1 aromatic rings. The zero-order valence-corrected chi connectivity index (χ0v) is 13.2. The average molecular weight is 305 g/mol. The molecule has 0 unspecified atom stereocenters. The third-order valence-corrected chi connectivity index (χ3v) is 4.82. The summed E-state index contributed by atoms with van der Waals surface area (Å²) < 4.78 is 16.2. The lowest BCUT2D eigenvalue weighted by Gasteiger charge is -2.27. The molecule has 5 heteroatoms. The molecule has 2 aliphatic heterocycles. The van der Waals surface area contributed by atoms with Gasteiger partial charge in [0.1, 0.15) is 11.3 Å². The largest absolute Gasteiger partial charge is 0.497 e. The Hall–Kier alpha value is -1.59. The highest BCUT2D eigenvalue weighted by molar-refractivity contribution is 5.81. The molecule has 0 aromatic heterocycles. The third-order valence-electron chi connectivity index (χ3n) is 4.82. The van der Waals surface area contributed by atoms with Gasteiger partial charge in [0.2, 0.25) is 0 Å². The Morgan fingerprint density at radius 2 is 2.09 bits per heavy atom. The molecule has 0 N–H and O–H groups in total. The lowest BCUT2D eigenvalue weighted by molar-refractivity contribution is -0.152. The minimum Gasteiger partial charge on any atom is -0.497 e. The predicted octanol–water partition coefficient (Wildman–Crippen LogP) is 1.99. The molecule has 2 saturated heterocycles. The van der Waals surface area contributed by atoms with E-state index < -0.39 is 5.54 Å². The first-order valence-corrected chi connectivity index (χ1v) is 7.76. The molecule has 5 nitrogen and oxygen atoms in total. The molecule has 0 saturated carbocycles. The average Bonchev–Trinajstić information content (AvgIpc) is 3.10. The summed E-state index contributed by atoms with van der Waals surface area (Å²) in [6.07, 6.45) is 2.75. The lowest BCUT2D eigenvalue weighted by atomic mass is 9.93. The van der Waals surface area contributed by atoms with E-state index in [0.717, 1.165) is 43.7 Å². The number of carbonyl (C=O) groups is 1. The van der Waals surface area contributed by atoms with Crippen molar-refractivity contribution in [1.82, 2.24) is 4.90 Å². The number of esters is 1. The molecule has 0 aliphatic carbocycles. The van der Waals surface area contributed by atoms with Crippen LogP contribution < -0.4 is 4.74 Å². The molecule has 2 aliphatic rings. The molecule has 2 fully saturated rings. The summed E-state index contributed by atoms with van der Waals surface area (Å²) >= 11 is 0. The third kappa shape index (κ3) is 2.71. The van der Waals surface area contributed by atoms with Crippen molar-refractivity contribution in [3.8, 4) is 5.75 Å². The predicted molar refractivity (Wildman–Crippen MR) is 81.7 cm³/mol. The molecule has 2 heterocycles. The minimum atomic E-state index is -0.445. The number of benzene rings is 1. The van der Waals surface area contributed by atoms with Crippen LogP contribution in [0.1, 0.15) is 24.8 Å². The van der Waals surface area contributed by atoms with E-state index in [9.17, 15) is 4.79 Å². The van der Waals surface area contributed by atoms with Crippen LogP contribution in [-0.4, -0.2) is 49.8 Å². The second kappa shape index (κ2) is 6.26. The van der Waals surface area contributed by atoms with Crippen molar-refractivity contribution in [2.24, 2.45) is 0 Å². The van der Waals surface area contributed by atoms with Crippen LogP contribution in [0.25, 0.3) is 0 Å². The normalized spacial score (nSPS) is 27.6. The molecule has 22 heavy (non-hydrogen) atoms. The van der Waals surface area contributed by atoms with Crippen LogP contribution in [0, 0.1) is 0 Å². The van der Waals surface area contributed by atoms with Gasteiger partial charge in [-0.25, -0.2) is 0 Å². The maximum absolute atomic E-state index is 12.2. The first-order chi connectivity index (χ1) is 10.7. The maximum Gasteiger partial charge on any atom is 0.326 e. The van der Waals surface area contributed by atoms with E-state index >= 15 is 0 Å². The molecular weight excluding hydrogens is 282 g/mol. The van der Waals surface area contributed by atoms with Gasteiger partial charge in [0, 0.05) is 13.0 Å². The highest BCUT2D eigenvalue weighted by Gasteiger charge is 2.54. The van der Waals surface area contributed by atoms with E-state index in [1.165, 1.54) is 7.11 Å². The van der Waals surface area contributed by atoms with Crippen molar-refractivity contribution in [3.05, 3.63) is 29.8 Å². The standard InChI is InChI=1S/C17H23NO4/c1-20-14-6-4-13(5-7-14)12-22-15-10-17(16(19)21-2)8-3-9-18(17)11-15/h4-7,15H,3,8-12H2,1-2H3/t15-,17-/m1/s1. The number of ether oxygens (including phenoxy) is 3. The summed E-state index contributed by atoms with van der Waals surface area (Å²) in [5, 5.41) is 0. The van der Waals surface area contributed by atoms with E-state index in [0.29, 0.717) is 6.61 Å². The fourth-order valence-electron chi connectivity index (χ4n) is 3.67. The Morgan fingerprint density at radius 1 is 1.32 bits per heavy atom. The Balaban J connectivity index is 1.59. The topological polar surface area (TPSA) is 48.0 Å². The quantitative estimate of drug-likeness (QED) is 0.779. The van der Waals surface area contributed by atoms with Crippen LogP contribution in [0.2, 0.25) is 0 Å². The van der Waals surface area contributed by atoms with Crippen LogP contribution in [0.5, 0.6) is 5.75 Å². The summed E-state index contributed by atoms with van der Waals surface area (Å²) in [5.74, 6) is 0.732. The number of hydrogen-bond donors (Lipinski definition) is 0. The van der Waals surface area contributed by atoms with Gasteiger partial charge in [-0.2, -0.15) is 0 Å². The van der Waals surface area contributed by atoms with Crippen LogP contribution in [-0.2, 0) is 20.9 Å². The molecule has 0 spiro atoms. The SMILES string of the molecule is COC(=O)[C@]12CCCN1C[C@H](OCc1ccc(OC)cc1)C2. The minimum absolute atomic E-state index is 0.0847. The molecule has 120 valence electrons. The van der Waals surface area contributed by atoms with Gasteiger partial charge < -0.3 is 14.2 Å². The highest BCUT2D eigenvalue weighted by Crippen LogP contribution is 2.41. The number of carbonyl (C=O) groups excluding carboxylic acids is 1. The Bertz CT molecular complexity index is 530. The van der Waals surface area contributed by atoms with Gasteiger partial charge in [-0.05, 0) is 37.1 Å². The van der Waals surface area contributed by atoms with Crippen molar-refractivity contribution in [3.63, 3.8) is 0 Å². The number of rotatable bonds is 5. The van der Waals surface area contributed by atoms with E-state index in [2.05, 4.69) is 4.90 Å². The molecule has 1 aromatic carbocycles. The van der Waals surface area contributed by atoms with Crippen LogP contribution in [0.15, 0.2) is 24.3 Å².